The molecule has 0 bridgehead atoms. The van der Waals surface area contributed by atoms with Gasteiger partial charge in [-0.05, 0) is 36.4 Å². The monoisotopic (exact) mass is 323 g/mol. The number of rotatable bonds is 3. The summed E-state index contributed by atoms with van der Waals surface area (Å²) in [6.45, 7) is 3.70. The lowest BCUT2D eigenvalue weighted by Crippen LogP contribution is -2.44. The maximum Gasteiger partial charge on any atom is 0.203 e. The van der Waals surface area contributed by atoms with E-state index in [0.717, 1.165) is 54.6 Å². The van der Waals surface area contributed by atoms with Crippen LogP contribution >= 0.6 is 0 Å². The van der Waals surface area contributed by atoms with E-state index in [9.17, 15) is 4.39 Å². The average Bonchev–Trinajstić information content (AvgIpc) is 3.09. The highest BCUT2D eigenvalue weighted by Gasteiger charge is 2.19. The molecule has 2 N–H and O–H groups in total. The minimum absolute atomic E-state index is 0.248. The summed E-state index contributed by atoms with van der Waals surface area (Å²) in [7, 11) is 0. The number of imidazole rings is 1. The Kier molecular flexibility index (Phi) is 3.96. The first-order valence-corrected chi connectivity index (χ1v) is 8.03. The van der Waals surface area contributed by atoms with Gasteiger partial charge >= 0.3 is 0 Å². The van der Waals surface area contributed by atoms with E-state index in [4.69, 9.17) is 4.98 Å². The third kappa shape index (κ3) is 2.88. The summed E-state index contributed by atoms with van der Waals surface area (Å²) < 4.78 is 13.3. The van der Waals surface area contributed by atoms with Crippen LogP contribution in [-0.4, -0.2) is 41.1 Å². The number of piperazine rings is 1. The number of halogens is 1. The maximum absolute atomic E-state index is 13.3. The highest BCUT2D eigenvalue weighted by Crippen LogP contribution is 2.32. The minimum atomic E-state index is -0.248. The van der Waals surface area contributed by atoms with E-state index in [0.29, 0.717) is 0 Å². The first kappa shape index (κ1) is 14.8. The second-order valence-corrected chi connectivity index (χ2v) is 5.76. The van der Waals surface area contributed by atoms with Crippen molar-refractivity contribution in [2.45, 2.75) is 0 Å². The highest BCUT2D eigenvalue weighted by molar-refractivity contribution is 5.79. The van der Waals surface area contributed by atoms with Crippen LogP contribution in [-0.2, 0) is 0 Å². The van der Waals surface area contributed by atoms with Crippen molar-refractivity contribution in [2.75, 3.05) is 31.1 Å². The van der Waals surface area contributed by atoms with E-state index in [1.165, 1.54) is 12.1 Å². The molecule has 0 aliphatic carbocycles. The maximum atomic E-state index is 13.3. The Labute approximate surface area is 139 Å². The standard InChI is InChI=1S/C18H18FN5/c19-15-3-1-13(2-4-15)16-17(14-5-7-20-8-6-14)23-18(22-16)24-11-9-21-10-12-24/h1-8,21H,9-12H2,(H,22,23). The van der Waals surface area contributed by atoms with Crippen molar-refractivity contribution < 1.29 is 4.39 Å². The predicted molar refractivity (Wildman–Crippen MR) is 92.3 cm³/mol. The molecule has 1 aromatic carbocycles. The summed E-state index contributed by atoms with van der Waals surface area (Å²) in [5.41, 5.74) is 3.66. The molecule has 3 heterocycles. The van der Waals surface area contributed by atoms with Crippen molar-refractivity contribution in [3.63, 3.8) is 0 Å². The van der Waals surface area contributed by atoms with Crippen LogP contribution in [0.2, 0.25) is 0 Å². The normalized spacial score (nSPS) is 14.8. The van der Waals surface area contributed by atoms with E-state index in [1.54, 1.807) is 24.5 Å². The Bertz CT molecular complexity index is 807. The quantitative estimate of drug-likeness (QED) is 0.778. The van der Waals surface area contributed by atoms with Gasteiger partial charge in [-0.25, -0.2) is 9.37 Å². The van der Waals surface area contributed by atoms with Gasteiger partial charge in [-0.2, -0.15) is 0 Å². The van der Waals surface area contributed by atoms with Crippen LogP contribution in [0.25, 0.3) is 22.5 Å². The fourth-order valence-corrected chi connectivity index (χ4v) is 2.93. The summed E-state index contributed by atoms with van der Waals surface area (Å²) in [5, 5.41) is 3.34. The molecule has 1 aliphatic rings. The molecule has 0 radical (unpaired) electrons. The summed E-state index contributed by atoms with van der Waals surface area (Å²) in [4.78, 5) is 14.6. The lowest BCUT2D eigenvalue weighted by atomic mass is 10.1. The van der Waals surface area contributed by atoms with Crippen molar-refractivity contribution in [2.24, 2.45) is 0 Å². The van der Waals surface area contributed by atoms with Gasteiger partial charge in [0.1, 0.15) is 5.82 Å². The van der Waals surface area contributed by atoms with Crippen LogP contribution in [0.3, 0.4) is 0 Å². The second kappa shape index (κ2) is 6.41. The number of benzene rings is 1. The molecule has 0 unspecified atom stereocenters. The molecular formula is C18H18FN5. The summed E-state index contributed by atoms with van der Waals surface area (Å²) in [6, 6.07) is 10.3. The summed E-state index contributed by atoms with van der Waals surface area (Å²) >= 11 is 0. The zero-order chi connectivity index (χ0) is 16.4. The van der Waals surface area contributed by atoms with Crippen molar-refractivity contribution >= 4 is 5.95 Å². The van der Waals surface area contributed by atoms with Gasteiger partial charge in [0.05, 0.1) is 11.4 Å². The molecule has 3 aromatic rings. The van der Waals surface area contributed by atoms with E-state index in [-0.39, 0.29) is 5.82 Å². The van der Waals surface area contributed by atoms with Crippen LogP contribution in [0.4, 0.5) is 10.3 Å². The first-order chi connectivity index (χ1) is 11.8. The molecule has 6 heteroatoms. The Morgan fingerprint density at radius 3 is 2.33 bits per heavy atom. The van der Waals surface area contributed by atoms with Crippen molar-refractivity contribution in [3.8, 4) is 22.5 Å². The van der Waals surface area contributed by atoms with Gasteiger partial charge in [0.2, 0.25) is 5.95 Å². The molecule has 0 spiro atoms. The van der Waals surface area contributed by atoms with Gasteiger partial charge in [-0.1, -0.05) is 0 Å². The Morgan fingerprint density at radius 2 is 1.62 bits per heavy atom. The van der Waals surface area contributed by atoms with Crippen LogP contribution in [0.5, 0.6) is 0 Å². The number of pyridine rings is 1. The molecule has 0 saturated carbocycles. The Morgan fingerprint density at radius 1 is 0.917 bits per heavy atom. The Balaban J connectivity index is 1.80. The molecule has 1 aliphatic heterocycles. The van der Waals surface area contributed by atoms with Gasteiger partial charge in [0.25, 0.3) is 0 Å². The number of H-pyrrole nitrogens is 1. The molecule has 1 saturated heterocycles. The molecule has 4 rings (SSSR count). The van der Waals surface area contributed by atoms with Crippen molar-refractivity contribution in [1.29, 1.82) is 0 Å². The second-order valence-electron chi connectivity index (χ2n) is 5.76. The highest BCUT2D eigenvalue weighted by atomic mass is 19.1. The molecule has 1 fully saturated rings. The number of anilines is 1. The molecule has 0 atom stereocenters. The summed E-state index contributed by atoms with van der Waals surface area (Å²) in [5.74, 6) is 0.602. The zero-order valence-electron chi connectivity index (χ0n) is 13.2. The van der Waals surface area contributed by atoms with Gasteiger partial charge in [0.15, 0.2) is 0 Å². The first-order valence-electron chi connectivity index (χ1n) is 8.03. The third-order valence-electron chi connectivity index (χ3n) is 4.19. The number of nitrogens with one attached hydrogen (secondary N) is 2. The SMILES string of the molecule is Fc1ccc(-c2nc(N3CCNCC3)[nH]c2-c2ccncc2)cc1. The van der Waals surface area contributed by atoms with Gasteiger partial charge < -0.3 is 15.2 Å². The lowest BCUT2D eigenvalue weighted by molar-refractivity contribution is 0.581. The Hall–Kier alpha value is -2.73. The summed E-state index contributed by atoms with van der Waals surface area (Å²) in [6.07, 6.45) is 3.52. The van der Waals surface area contributed by atoms with E-state index in [1.807, 2.05) is 12.1 Å². The molecule has 5 nitrogen and oxygen atoms in total. The predicted octanol–water partition coefficient (Wildman–Crippen LogP) is 2.69. The van der Waals surface area contributed by atoms with Crippen molar-refractivity contribution in [3.05, 3.63) is 54.6 Å². The van der Waals surface area contributed by atoms with Crippen LogP contribution in [0.15, 0.2) is 48.8 Å². The largest absolute Gasteiger partial charge is 0.340 e. The number of nitrogens with zero attached hydrogens (tertiary/aromatic N) is 3. The zero-order valence-corrected chi connectivity index (χ0v) is 13.2. The smallest absolute Gasteiger partial charge is 0.203 e. The molecular weight excluding hydrogens is 305 g/mol. The third-order valence-corrected chi connectivity index (χ3v) is 4.19. The fourth-order valence-electron chi connectivity index (χ4n) is 2.93. The lowest BCUT2D eigenvalue weighted by Gasteiger charge is -2.26. The van der Waals surface area contributed by atoms with Gasteiger partial charge in [0, 0.05) is 49.7 Å². The topological polar surface area (TPSA) is 56.8 Å². The van der Waals surface area contributed by atoms with E-state index < -0.39 is 0 Å². The van der Waals surface area contributed by atoms with Crippen molar-refractivity contribution in [1.82, 2.24) is 20.3 Å². The van der Waals surface area contributed by atoms with Gasteiger partial charge in [-0.3, -0.25) is 4.98 Å². The number of hydrogen-bond donors (Lipinski definition) is 2. The number of aromatic nitrogens is 3. The fraction of sp³-hybridized carbons (Fsp3) is 0.222. The van der Waals surface area contributed by atoms with Crippen LogP contribution in [0, 0.1) is 5.82 Å². The van der Waals surface area contributed by atoms with E-state index in [2.05, 4.69) is 20.2 Å². The number of aromatic amines is 1. The van der Waals surface area contributed by atoms with Crippen LogP contribution in [0.1, 0.15) is 0 Å². The number of hydrogen-bond acceptors (Lipinski definition) is 4. The van der Waals surface area contributed by atoms with Crippen LogP contribution < -0.4 is 10.2 Å². The molecule has 2 aromatic heterocycles. The molecule has 24 heavy (non-hydrogen) atoms. The van der Waals surface area contributed by atoms with E-state index >= 15 is 0 Å². The van der Waals surface area contributed by atoms with Gasteiger partial charge in [-0.15, -0.1) is 0 Å². The average molecular weight is 323 g/mol. The minimum Gasteiger partial charge on any atom is -0.340 e. The molecule has 0 amide bonds. The molecule has 122 valence electrons.